The maximum Gasteiger partial charge on any atom is 0.232 e. The zero-order valence-electron chi connectivity index (χ0n) is 17.2. The first-order valence-electron chi connectivity index (χ1n) is 9.41. The van der Waals surface area contributed by atoms with Gasteiger partial charge in [0, 0.05) is 17.5 Å². The van der Waals surface area contributed by atoms with E-state index in [-0.39, 0.29) is 5.41 Å². The van der Waals surface area contributed by atoms with Gasteiger partial charge >= 0.3 is 0 Å². The standard InChI is InChI=1S/C20H31N5O2/c1-7-21-19(23-13-17-24-18(27-25-17)20(4,5)6)22-12-15-10-9-14(3)11-16(15)26-8-2/h9-11H,7-8,12-13H2,1-6H3,(H2,21,22,23). The summed E-state index contributed by atoms with van der Waals surface area (Å²) in [6.45, 7) is 14.5. The minimum absolute atomic E-state index is 0.162. The van der Waals surface area contributed by atoms with Crippen molar-refractivity contribution in [3.05, 3.63) is 41.0 Å². The van der Waals surface area contributed by atoms with Crippen molar-refractivity contribution in [1.82, 2.24) is 20.8 Å². The summed E-state index contributed by atoms with van der Waals surface area (Å²) >= 11 is 0. The summed E-state index contributed by atoms with van der Waals surface area (Å²) in [5.41, 5.74) is 2.06. The van der Waals surface area contributed by atoms with Gasteiger partial charge in [-0.2, -0.15) is 4.98 Å². The van der Waals surface area contributed by atoms with E-state index in [1.165, 1.54) is 5.56 Å². The summed E-state index contributed by atoms with van der Waals surface area (Å²) in [5, 5.41) is 10.5. The topological polar surface area (TPSA) is 84.6 Å². The molecule has 1 heterocycles. The summed E-state index contributed by atoms with van der Waals surface area (Å²) in [5.74, 6) is 2.81. The predicted molar refractivity (Wildman–Crippen MR) is 107 cm³/mol. The van der Waals surface area contributed by atoms with Gasteiger partial charge in [0.2, 0.25) is 5.89 Å². The fourth-order valence-electron chi connectivity index (χ4n) is 2.38. The third kappa shape index (κ3) is 6.27. The molecule has 0 aliphatic rings. The fraction of sp³-hybridized carbons (Fsp3) is 0.550. The highest BCUT2D eigenvalue weighted by Crippen LogP contribution is 2.21. The highest BCUT2D eigenvalue weighted by molar-refractivity contribution is 5.79. The Morgan fingerprint density at radius 1 is 1.22 bits per heavy atom. The van der Waals surface area contributed by atoms with Gasteiger partial charge in [-0.25, -0.2) is 4.99 Å². The number of aryl methyl sites for hydroxylation is 1. The molecule has 0 fully saturated rings. The van der Waals surface area contributed by atoms with Gasteiger partial charge < -0.3 is 19.9 Å². The first-order valence-corrected chi connectivity index (χ1v) is 9.41. The molecule has 2 N–H and O–H groups in total. The van der Waals surface area contributed by atoms with Crippen molar-refractivity contribution in [2.45, 2.75) is 60.0 Å². The second-order valence-corrected chi connectivity index (χ2v) is 7.36. The smallest absolute Gasteiger partial charge is 0.232 e. The van der Waals surface area contributed by atoms with Crippen LogP contribution < -0.4 is 15.4 Å². The van der Waals surface area contributed by atoms with Crippen LogP contribution in [0.2, 0.25) is 0 Å². The largest absolute Gasteiger partial charge is 0.494 e. The Labute approximate surface area is 161 Å². The summed E-state index contributed by atoms with van der Waals surface area (Å²) in [6, 6.07) is 6.17. The molecule has 1 aromatic carbocycles. The lowest BCUT2D eigenvalue weighted by Gasteiger charge is -2.12. The number of hydrogen-bond acceptors (Lipinski definition) is 5. The molecule has 7 heteroatoms. The van der Waals surface area contributed by atoms with Gasteiger partial charge in [-0.3, -0.25) is 0 Å². The van der Waals surface area contributed by atoms with Crippen LogP contribution in [-0.4, -0.2) is 29.3 Å². The summed E-state index contributed by atoms with van der Waals surface area (Å²) < 4.78 is 11.1. The lowest BCUT2D eigenvalue weighted by molar-refractivity contribution is 0.318. The van der Waals surface area contributed by atoms with E-state index < -0.39 is 0 Å². The van der Waals surface area contributed by atoms with Crippen LogP contribution in [0.1, 0.15) is 57.5 Å². The predicted octanol–water partition coefficient (Wildman–Crippen LogP) is 3.33. The number of nitrogens with one attached hydrogen (secondary N) is 2. The zero-order chi connectivity index (χ0) is 19.9. The first-order chi connectivity index (χ1) is 12.8. The lowest BCUT2D eigenvalue weighted by Crippen LogP contribution is -2.37. The van der Waals surface area contributed by atoms with E-state index in [0.29, 0.717) is 37.4 Å². The number of hydrogen-bond donors (Lipinski definition) is 2. The van der Waals surface area contributed by atoms with Crippen LogP contribution in [0, 0.1) is 6.92 Å². The Kier molecular flexibility index (Phi) is 7.21. The number of rotatable bonds is 7. The Bertz CT molecular complexity index is 762. The highest BCUT2D eigenvalue weighted by Gasteiger charge is 2.21. The van der Waals surface area contributed by atoms with Crippen LogP contribution >= 0.6 is 0 Å². The average molecular weight is 374 g/mol. The number of aromatic nitrogens is 2. The molecule has 0 saturated heterocycles. The molecular formula is C20H31N5O2. The Balaban J connectivity index is 2.05. The van der Waals surface area contributed by atoms with Gasteiger partial charge in [-0.05, 0) is 32.4 Å². The summed E-state index contributed by atoms with van der Waals surface area (Å²) in [6.07, 6.45) is 0. The van der Waals surface area contributed by atoms with Crippen LogP contribution in [0.15, 0.2) is 27.7 Å². The van der Waals surface area contributed by atoms with Crippen molar-refractivity contribution in [3.63, 3.8) is 0 Å². The molecule has 0 radical (unpaired) electrons. The highest BCUT2D eigenvalue weighted by atomic mass is 16.5. The Morgan fingerprint density at radius 2 is 2.00 bits per heavy atom. The van der Waals surface area contributed by atoms with E-state index in [9.17, 15) is 0 Å². The lowest BCUT2D eigenvalue weighted by atomic mass is 9.97. The molecule has 0 atom stereocenters. The molecule has 1 aromatic heterocycles. The van der Waals surface area contributed by atoms with E-state index >= 15 is 0 Å². The molecule has 7 nitrogen and oxygen atoms in total. The third-order valence-electron chi connectivity index (χ3n) is 3.80. The average Bonchev–Trinajstić information content (AvgIpc) is 3.08. The summed E-state index contributed by atoms with van der Waals surface area (Å²) in [4.78, 5) is 9.09. The van der Waals surface area contributed by atoms with Crippen LogP contribution in [0.4, 0.5) is 0 Å². The van der Waals surface area contributed by atoms with Gasteiger partial charge in [-0.15, -0.1) is 0 Å². The van der Waals surface area contributed by atoms with E-state index in [1.807, 2.05) is 40.7 Å². The minimum atomic E-state index is -0.162. The summed E-state index contributed by atoms with van der Waals surface area (Å²) in [7, 11) is 0. The number of ether oxygens (including phenoxy) is 1. The number of benzene rings is 1. The molecule has 2 rings (SSSR count). The molecule has 0 saturated carbocycles. The van der Waals surface area contributed by atoms with Crippen LogP contribution in [-0.2, 0) is 18.5 Å². The number of guanidine groups is 1. The SMILES string of the molecule is CCNC(=NCc1ccc(C)cc1OCC)NCc1noc(C(C)(C)C)n1. The van der Waals surface area contributed by atoms with E-state index in [4.69, 9.17) is 9.26 Å². The first kappa shape index (κ1) is 20.7. The van der Waals surface area contributed by atoms with Crippen molar-refractivity contribution in [3.8, 4) is 5.75 Å². The van der Waals surface area contributed by atoms with Crippen molar-refractivity contribution in [2.24, 2.45) is 4.99 Å². The molecule has 0 aliphatic heterocycles. The molecule has 0 bridgehead atoms. The van der Waals surface area contributed by atoms with Crippen molar-refractivity contribution >= 4 is 5.96 Å². The van der Waals surface area contributed by atoms with E-state index in [1.54, 1.807) is 0 Å². The van der Waals surface area contributed by atoms with Crippen LogP contribution in [0.3, 0.4) is 0 Å². The van der Waals surface area contributed by atoms with Gasteiger partial charge in [0.05, 0.1) is 19.7 Å². The van der Waals surface area contributed by atoms with Gasteiger partial charge in [0.25, 0.3) is 0 Å². The molecule has 148 valence electrons. The monoisotopic (exact) mass is 373 g/mol. The molecule has 0 amide bonds. The maximum atomic E-state index is 5.73. The zero-order valence-corrected chi connectivity index (χ0v) is 17.2. The number of aliphatic imine (C=N–C) groups is 1. The minimum Gasteiger partial charge on any atom is -0.494 e. The van der Waals surface area contributed by atoms with Crippen LogP contribution in [0.5, 0.6) is 5.75 Å². The quantitative estimate of drug-likeness (QED) is 0.572. The van der Waals surface area contributed by atoms with Gasteiger partial charge in [-0.1, -0.05) is 38.1 Å². The van der Waals surface area contributed by atoms with Crippen molar-refractivity contribution in [2.75, 3.05) is 13.2 Å². The molecular weight excluding hydrogens is 342 g/mol. The van der Waals surface area contributed by atoms with E-state index in [2.05, 4.69) is 44.8 Å². The molecule has 27 heavy (non-hydrogen) atoms. The van der Waals surface area contributed by atoms with Crippen LogP contribution in [0.25, 0.3) is 0 Å². The fourth-order valence-corrected chi connectivity index (χ4v) is 2.38. The van der Waals surface area contributed by atoms with Gasteiger partial charge in [0.1, 0.15) is 5.75 Å². The second kappa shape index (κ2) is 9.39. The maximum absolute atomic E-state index is 5.73. The van der Waals surface area contributed by atoms with Gasteiger partial charge in [0.15, 0.2) is 11.8 Å². The number of nitrogens with zero attached hydrogens (tertiary/aromatic N) is 3. The molecule has 2 aromatic rings. The van der Waals surface area contributed by atoms with Crippen molar-refractivity contribution in [1.29, 1.82) is 0 Å². The van der Waals surface area contributed by atoms with Crippen molar-refractivity contribution < 1.29 is 9.26 Å². The normalized spacial score (nSPS) is 12.1. The van der Waals surface area contributed by atoms with E-state index in [0.717, 1.165) is 17.9 Å². The molecule has 0 aliphatic carbocycles. The third-order valence-corrected chi connectivity index (χ3v) is 3.80. The second-order valence-electron chi connectivity index (χ2n) is 7.36. The Morgan fingerprint density at radius 3 is 2.63 bits per heavy atom. The Hall–Kier alpha value is -2.57. The molecule has 0 unspecified atom stereocenters. The molecule has 0 spiro atoms.